The van der Waals surface area contributed by atoms with Gasteiger partial charge in [-0.1, -0.05) is 24.3 Å². The summed E-state index contributed by atoms with van der Waals surface area (Å²) in [7, 11) is 1.80. The van der Waals surface area contributed by atoms with Crippen LogP contribution in [0.1, 0.15) is 54.4 Å². The van der Waals surface area contributed by atoms with E-state index in [4.69, 9.17) is 4.74 Å². The van der Waals surface area contributed by atoms with E-state index in [9.17, 15) is 9.90 Å². The van der Waals surface area contributed by atoms with Gasteiger partial charge in [0.1, 0.15) is 5.75 Å². The van der Waals surface area contributed by atoms with Crippen molar-refractivity contribution in [2.75, 3.05) is 7.11 Å². The molecule has 4 aliphatic carbocycles. The molecule has 4 saturated carbocycles. The monoisotopic (exact) mass is 418 g/mol. The number of carbonyl (C=O) groups is 1. The van der Waals surface area contributed by atoms with Crippen molar-refractivity contribution in [3.8, 4) is 16.9 Å². The van der Waals surface area contributed by atoms with Crippen molar-refractivity contribution >= 4 is 16.7 Å². The summed E-state index contributed by atoms with van der Waals surface area (Å²) in [6.45, 7) is 0. The van der Waals surface area contributed by atoms with Gasteiger partial charge in [-0.25, -0.2) is 4.79 Å². The summed E-state index contributed by atoms with van der Waals surface area (Å²) in [6, 6.07) is 18.4. The molecule has 0 spiro atoms. The third-order valence-electron chi connectivity index (χ3n) is 8.23. The number of methoxy groups -OCH3 is 1. The smallest absolute Gasteiger partial charge is 0.335 e. The fourth-order valence-electron chi connectivity index (χ4n) is 7.30. The van der Waals surface area contributed by atoms with Gasteiger partial charge in [-0.3, -0.25) is 0 Å². The first kappa shape index (κ1) is 18.9. The predicted octanol–water partition coefficient (Wildman–Crippen LogP) is 6.68. The van der Waals surface area contributed by atoms with Crippen LogP contribution in [0.4, 0.5) is 0 Å². The number of carboxylic acids is 1. The zero-order valence-corrected chi connectivity index (χ0v) is 17.9. The van der Waals surface area contributed by atoms with Crippen molar-refractivity contribution in [1.82, 2.24) is 0 Å². The van der Waals surface area contributed by atoms with E-state index in [1.54, 1.807) is 19.2 Å². The lowest BCUT2D eigenvalue weighted by Gasteiger charge is -2.57. The fourth-order valence-corrected chi connectivity index (χ4v) is 7.30. The van der Waals surface area contributed by atoms with Crippen molar-refractivity contribution in [3.05, 3.63) is 65.7 Å². The Hall–Kier alpha value is -2.81. The van der Waals surface area contributed by atoms with Gasteiger partial charge in [-0.15, -0.1) is 0 Å². The molecule has 1 N–H and O–H groups in total. The van der Waals surface area contributed by atoms with E-state index < -0.39 is 5.97 Å². The average Bonchev–Trinajstić information content (AvgIpc) is 2.77. The molecule has 3 aromatic carbocycles. The number of carboxylic acid groups (broad SMARTS) is 1. The molecule has 3 aromatic rings. The van der Waals surface area contributed by atoms with Crippen LogP contribution in [0.2, 0.25) is 0 Å². The fraction of sp³-hybridized carbons (Fsp3) is 0.393. The molecule has 0 radical (unpaired) electrons. The van der Waals surface area contributed by atoms with Gasteiger partial charge in [0.25, 0.3) is 0 Å². The van der Waals surface area contributed by atoms with Crippen molar-refractivity contribution in [2.45, 2.75) is 43.9 Å². The van der Waals surface area contributed by atoms with Crippen LogP contribution < -0.4 is 4.74 Å². The summed E-state index contributed by atoms with van der Waals surface area (Å²) in [4.78, 5) is 11.3. The number of ether oxygens (including phenoxy) is 1. The maximum Gasteiger partial charge on any atom is 0.335 e. The molecule has 0 unspecified atom stereocenters. The Kier molecular flexibility index (Phi) is 4.18. The first-order valence-corrected chi connectivity index (χ1v) is 11.5. The minimum atomic E-state index is -0.888. The first-order chi connectivity index (χ1) is 15.0. The Morgan fingerprint density at radius 3 is 2.06 bits per heavy atom. The second kappa shape index (κ2) is 6.85. The van der Waals surface area contributed by atoms with Gasteiger partial charge >= 0.3 is 5.97 Å². The highest BCUT2D eigenvalue weighted by molar-refractivity contribution is 5.95. The number of fused-ring (bicyclic) bond motifs is 1. The molecule has 4 fully saturated rings. The number of aromatic carboxylic acids is 1. The lowest BCUT2D eigenvalue weighted by Crippen LogP contribution is -2.48. The molecule has 0 amide bonds. The van der Waals surface area contributed by atoms with Gasteiger partial charge in [0.2, 0.25) is 0 Å². The van der Waals surface area contributed by atoms with Gasteiger partial charge in [0.05, 0.1) is 12.7 Å². The third kappa shape index (κ3) is 3.05. The molecule has 0 heterocycles. The minimum absolute atomic E-state index is 0.281. The summed E-state index contributed by atoms with van der Waals surface area (Å²) in [6.07, 6.45) is 8.25. The van der Waals surface area contributed by atoms with Gasteiger partial charge in [0.15, 0.2) is 0 Å². The van der Waals surface area contributed by atoms with Crippen molar-refractivity contribution < 1.29 is 14.6 Å². The highest BCUT2D eigenvalue weighted by atomic mass is 16.5. The number of hydrogen-bond donors (Lipinski definition) is 1. The van der Waals surface area contributed by atoms with E-state index in [0.29, 0.717) is 5.56 Å². The van der Waals surface area contributed by atoms with E-state index in [1.165, 1.54) is 55.2 Å². The van der Waals surface area contributed by atoms with Crippen molar-refractivity contribution in [1.29, 1.82) is 0 Å². The highest BCUT2D eigenvalue weighted by Gasteiger charge is 2.52. The van der Waals surface area contributed by atoms with Crippen LogP contribution in [0.3, 0.4) is 0 Å². The molecule has 0 aliphatic heterocycles. The van der Waals surface area contributed by atoms with E-state index in [-0.39, 0.29) is 5.41 Å². The molecule has 31 heavy (non-hydrogen) atoms. The SMILES string of the molecule is CO[13c]1[13cH][13cH][13c](-c2ccc3cc(C(=O)O)ccc3c2)[13cH][13c]1C12CC3CC(CC(C3)C1)C2. The van der Waals surface area contributed by atoms with Crippen LogP contribution in [0, 0.1) is 17.8 Å². The second-order valence-corrected chi connectivity index (χ2v) is 10.2. The van der Waals surface area contributed by atoms with Crippen LogP contribution >= 0.6 is 0 Å². The molecule has 7 rings (SSSR count). The lowest BCUT2D eigenvalue weighted by molar-refractivity contribution is -0.00613. The molecule has 4 bridgehead atoms. The van der Waals surface area contributed by atoms with Crippen LogP contribution in [0.15, 0.2) is 54.6 Å². The van der Waals surface area contributed by atoms with E-state index in [1.807, 2.05) is 12.1 Å². The molecular formula is C28H28O3. The van der Waals surface area contributed by atoms with E-state index in [2.05, 4.69) is 30.3 Å². The quantitative estimate of drug-likeness (QED) is 0.514. The molecule has 0 atom stereocenters. The maximum atomic E-state index is 11.3. The lowest BCUT2D eigenvalue weighted by atomic mass is 9.52. The summed E-state index contributed by atoms with van der Waals surface area (Å²) < 4.78 is 5.88. The molecular weight excluding hydrogens is 390 g/mol. The molecule has 3 heteroatoms. The van der Waals surface area contributed by atoms with Crippen molar-refractivity contribution in [2.24, 2.45) is 17.8 Å². The molecule has 158 valence electrons. The topological polar surface area (TPSA) is 46.5 Å². The molecule has 0 saturated heterocycles. The predicted molar refractivity (Wildman–Crippen MR) is 123 cm³/mol. The summed E-state index contributed by atoms with van der Waals surface area (Å²) in [5.74, 6) is 2.83. The Morgan fingerprint density at radius 1 is 0.839 bits per heavy atom. The number of benzene rings is 3. The summed E-state index contributed by atoms with van der Waals surface area (Å²) in [5.41, 5.74) is 4.41. The minimum Gasteiger partial charge on any atom is -0.496 e. The Bertz CT molecular complexity index is 1160. The Morgan fingerprint density at radius 2 is 1.42 bits per heavy atom. The average molecular weight is 418 g/mol. The van der Waals surface area contributed by atoms with Crippen LogP contribution in [0.5, 0.6) is 5.75 Å². The maximum absolute atomic E-state index is 11.3. The van der Waals surface area contributed by atoms with E-state index in [0.717, 1.165) is 34.3 Å². The standard InChI is InChI=1S/C28H28O3/c1-31-26-7-6-23(21-2-3-22-12-24(27(29)30)5-4-20(22)11-21)13-25(26)28-14-17-8-18(15-28)10-19(9-17)16-28/h2-7,11-13,17-19H,8-10,14-16H2,1H3,(H,29,30)/i6+1,7+1,13+1,23+1,25+1,26+1. The largest absolute Gasteiger partial charge is 0.496 e. The zero-order valence-electron chi connectivity index (χ0n) is 17.9. The number of rotatable bonds is 4. The van der Waals surface area contributed by atoms with Crippen LogP contribution in [-0.2, 0) is 5.41 Å². The molecule has 0 aromatic heterocycles. The third-order valence-corrected chi connectivity index (χ3v) is 8.23. The Labute approximate surface area is 183 Å². The Balaban J connectivity index is 1.43. The van der Waals surface area contributed by atoms with Gasteiger partial charge in [-0.05, 0) is 114 Å². The molecule has 3 nitrogen and oxygen atoms in total. The van der Waals surface area contributed by atoms with Gasteiger partial charge in [0, 0.05) is 5.56 Å². The highest BCUT2D eigenvalue weighted by Crippen LogP contribution is 2.62. The van der Waals surface area contributed by atoms with Crippen LogP contribution in [-0.4, -0.2) is 18.2 Å². The summed E-state index contributed by atoms with van der Waals surface area (Å²) >= 11 is 0. The first-order valence-electron chi connectivity index (χ1n) is 11.5. The van der Waals surface area contributed by atoms with Crippen LogP contribution in [0.25, 0.3) is 21.9 Å². The number of hydrogen-bond acceptors (Lipinski definition) is 2. The van der Waals surface area contributed by atoms with Gasteiger partial charge in [-0.2, -0.15) is 0 Å². The second-order valence-electron chi connectivity index (χ2n) is 10.2. The molecule has 4 aliphatic rings. The van der Waals surface area contributed by atoms with E-state index >= 15 is 0 Å². The van der Waals surface area contributed by atoms with Gasteiger partial charge < -0.3 is 9.84 Å². The normalized spacial score (nSPS) is 28.7. The summed E-state index contributed by atoms with van der Waals surface area (Å²) in [5, 5.41) is 11.3. The van der Waals surface area contributed by atoms with Crippen molar-refractivity contribution in [3.63, 3.8) is 0 Å². The zero-order chi connectivity index (χ0) is 21.2.